The summed E-state index contributed by atoms with van der Waals surface area (Å²) in [4.78, 5) is 38.2. The monoisotopic (exact) mass is 285 g/mol. The Kier molecular flexibility index (Phi) is 4.97. The Morgan fingerprint density at radius 2 is 2.00 bits per heavy atom. The molecule has 0 radical (unpaired) electrons. The first-order chi connectivity index (χ1) is 9.26. The third-order valence-electron chi connectivity index (χ3n) is 3.87. The summed E-state index contributed by atoms with van der Waals surface area (Å²) >= 11 is 0. The third-order valence-corrected chi connectivity index (χ3v) is 3.87. The van der Waals surface area contributed by atoms with Gasteiger partial charge in [0, 0.05) is 20.6 Å². The number of nitrogens with zero attached hydrogens (tertiary/aromatic N) is 2. The predicted octanol–water partition coefficient (Wildman–Crippen LogP) is 0.502. The number of amides is 3. The van der Waals surface area contributed by atoms with Crippen molar-refractivity contribution in [3.05, 3.63) is 0 Å². The molecule has 1 saturated heterocycles. The van der Waals surface area contributed by atoms with Crippen molar-refractivity contribution in [2.45, 2.75) is 44.7 Å². The topological polar surface area (TPSA) is 90.0 Å². The quantitative estimate of drug-likeness (QED) is 0.787. The molecule has 7 nitrogen and oxygen atoms in total. The van der Waals surface area contributed by atoms with Crippen LogP contribution in [0.25, 0.3) is 0 Å². The van der Waals surface area contributed by atoms with E-state index in [1.165, 1.54) is 9.80 Å². The number of likely N-dealkylation sites (tertiary alicyclic amines) is 1. The van der Waals surface area contributed by atoms with Crippen LogP contribution in [0.15, 0.2) is 0 Å². The Hall–Kier alpha value is -1.79. The normalized spacial score (nSPS) is 23.3. The molecule has 1 fully saturated rings. The minimum absolute atomic E-state index is 0.227. The van der Waals surface area contributed by atoms with Crippen LogP contribution in [-0.2, 0) is 9.59 Å². The molecule has 3 amide bonds. The van der Waals surface area contributed by atoms with E-state index in [0.717, 1.165) is 0 Å². The highest BCUT2D eigenvalue weighted by Crippen LogP contribution is 2.32. The van der Waals surface area contributed by atoms with Crippen molar-refractivity contribution in [3.8, 4) is 0 Å². The average Bonchev–Trinajstić information content (AvgIpc) is 2.82. The maximum absolute atomic E-state index is 12.2. The number of carbonyl (C=O) groups excluding carboxylic acids is 2. The molecule has 0 bridgehead atoms. The zero-order chi connectivity index (χ0) is 15.5. The number of likely N-dealkylation sites (N-methyl/N-ethyl adjacent to an activating group) is 1. The van der Waals surface area contributed by atoms with Crippen LogP contribution in [-0.4, -0.2) is 65.0 Å². The summed E-state index contributed by atoms with van der Waals surface area (Å²) in [7, 11) is 3.21. The van der Waals surface area contributed by atoms with Crippen molar-refractivity contribution >= 4 is 17.9 Å². The van der Waals surface area contributed by atoms with Crippen molar-refractivity contribution < 1.29 is 19.5 Å². The molecular formula is C13H23N3O4. The number of carboxylic acid groups (broad SMARTS) is 1. The number of hydrogen-bond acceptors (Lipinski definition) is 3. The molecule has 2 N–H and O–H groups in total. The first kappa shape index (κ1) is 16.3. The van der Waals surface area contributed by atoms with Crippen LogP contribution >= 0.6 is 0 Å². The maximum atomic E-state index is 12.2. The van der Waals surface area contributed by atoms with Crippen molar-refractivity contribution in [2.75, 3.05) is 20.6 Å². The minimum Gasteiger partial charge on any atom is -0.479 e. The highest BCUT2D eigenvalue weighted by atomic mass is 16.4. The van der Waals surface area contributed by atoms with Gasteiger partial charge in [0.15, 0.2) is 0 Å². The minimum atomic E-state index is -1.15. The highest BCUT2D eigenvalue weighted by molar-refractivity contribution is 5.90. The lowest BCUT2D eigenvalue weighted by molar-refractivity contribution is -0.148. The lowest BCUT2D eigenvalue weighted by Gasteiger charge is -2.34. The summed E-state index contributed by atoms with van der Waals surface area (Å²) in [6.45, 7) is 3.74. The van der Waals surface area contributed by atoms with Gasteiger partial charge in [-0.25, -0.2) is 9.59 Å². The Morgan fingerprint density at radius 3 is 2.45 bits per heavy atom. The van der Waals surface area contributed by atoms with Crippen LogP contribution in [0.5, 0.6) is 0 Å². The molecule has 114 valence electrons. The van der Waals surface area contributed by atoms with Gasteiger partial charge in [0.25, 0.3) is 0 Å². The van der Waals surface area contributed by atoms with Gasteiger partial charge < -0.3 is 20.2 Å². The molecule has 0 aromatic rings. The molecule has 0 saturated carbocycles. The van der Waals surface area contributed by atoms with E-state index in [1.807, 2.05) is 0 Å². The summed E-state index contributed by atoms with van der Waals surface area (Å²) in [5.74, 6) is -1.21. The Balaban J connectivity index is 2.81. The fraction of sp³-hybridized carbons (Fsp3) is 0.769. The zero-order valence-electron chi connectivity index (χ0n) is 12.5. The van der Waals surface area contributed by atoms with Crippen LogP contribution in [0, 0.1) is 0 Å². The highest BCUT2D eigenvalue weighted by Gasteiger charge is 2.48. The van der Waals surface area contributed by atoms with Crippen molar-refractivity contribution in [1.29, 1.82) is 0 Å². The fourth-order valence-corrected chi connectivity index (χ4v) is 2.63. The second-order valence-electron chi connectivity index (χ2n) is 5.35. The second-order valence-corrected chi connectivity index (χ2v) is 5.35. The maximum Gasteiger partial charge on any atom is 0.329 e. The van der Waals surface area contributed by atoms with E-state index in [4.69, 9.17) is 0 Å². The molecule has 0 spiro atoms. The van der Waals surface area contributed by atoms with E-state index < -0.39 is 23.6 Å². The van der Waals surface area contributed by atoms with Gasteiger partial charge in [-0.15, -0.1) is 0 Å². The van der Waals surface area contributed by atoms with Gasteiger partial charge in [-0.3, -0.25) is 4.79 Å². The van der Waals surface area contributed by atoms with E-state index in [2.05, 4.69) is 5.32 Å². The second kappa shape index (κ2) is 6.11. The molecule has 1 aliphatic heterocycles. The van der Waals surface area contributed by atoms with Crippen molar-refractivity contribution in [2.24, 2.45) is 0 Å². The van der Waals surface area contributed by atoms with Gasteiger partial charge in [-0.05, 0) is 26.2 Å². The van der Waals surface area contributed by atoms with Gasteiger partial charge in [0.1, 0.15) is 11.6 Å². The zero-order valence-corrected chi connectivity index (χ0v) is 12.5. The van der Waals surface area contributed by atoms with Crippen LogP contribution in [0.3, 0.4) is 0 Å². The molecular weight excluding hydrogens is 262 g/mol. The average molecular weight is 285 g/mol. The number of aliphatic carboxylic acids is 1. The molecule has 1 rings (SSSR count). The summed E-state index contributed by atoms with van der Waals surface area (Å²) in [5, 5.41) is 12.0. The molecule has 0 aromatic carbocycles. The van der Waals surface area contributed by atoms with Crippen LogP contribution in [0.2, 0.25) is 0 Å². The number of carboxylic acids is 1. The van der Waals surface area contributed by atoms with Gasteiger partial charge in [-0.2, -0.15) is 0 Å². The number of hydrogen-bond donors (Lipinski definition) is 2. The lowest BCUT2D eigenvalue weighted by Crippen LogP contribution is -2.58. The van der Waals surface area contributed by atoms with Crippen LogP contribution in [0.4, 0.5) is 4.79 Å². The standard InChI is InChI=1S/C13H23N3O4/c1-5-13(11(18)19)7-6-8-16(13)12(20)14-9(2)10(17)15(3)4/h9H,5-8H2,1-4H3,(H,14,20)(H,18,19). The van der Waals surface area contributed by atoms with Gasteiger partial charge >= 0.3 is 12.0 Å². The molecule has 20 heavy (non-hydrogen) atoms. The molecule has 2 atom stereocenters. The van der Waals surface area contributed by atoms with E-state index in [1.54, 1.807) is 27.9 Å². The van der Waals surface area contributed by atoms with E-state index in [9.17, 15) is 19.5 Å². The van der Waals surface area contributed by atoms with Crippen molar-refractivity contribution in [3.63, 3.8) is 0 Å². The Bertz CT molecular complexity index is 410. The Morgan fingerprint density at radius 1 is 1.40 bits per heavy atom. The lowest BCUT2D eigenvalue weighted by atomic mass is 9.93. The smallest absolute Gasteiger partial charge is 0.329 e. The largest absolute Gasteiger partial charge is 0.479 e. The van der Waals surface area contributed by atoms with E-state index in [-0.39, 0.29) is 5.91 Å². The predicted molar refractivity (Wildman–Crippen MR) is 73.3 cm³/mol. The molecule has 1 heterocycles. The summed E-state index contributed by atoms with van der Waals surface area (Å²) in [6.07, 6.45) is 1.46. The van der Waals surface area contributed by atoms with Crippen LogP contribution < -0.4 is 5.32 Å². The molecule has 7 heteroatoms. The Labute approximate surface area is 118 Å². The van der Waals surface area contributed by atoms with Crippen LogP contribution in [0.1, 0.15) is 33.1 Å². The van der Waals surface area contributed by atoms with Gasteiger partial charge in [-0.1, -0.05) is 6.92 Å². The SMILES string of the molecule is CCC1(C(=O)O)CCCN1C(=O)NC(C)C(=O)N(C)C. The molecule has 2 unspecified atom stereocenters. The molecule has 0 aromatic heterocycles. The molecule has 0 aliphatic carbocycles. The van der Waals surface area contributed by atoms with E-state index in [0.29, 0.717) is 25.8 Å². The number of rotatable bonds is 4. The molecule has 1 aliphatic rings. The van der Waals surface area contributed by atoms with Gasteiger partial charge in [0.2, 0.25) is 5.91 Å². The fourth-order valence-electron chi connectivity index (χ4n) is 2.63. The summed E-state index contributed by atoms with van der Waals surface area (Å²) in [6, 6.07) is -1.17. The van der Waals surface area contributed by atoms with Crippen molar-refractivity contribution in [1.82, 2.24) is 15.1 Å². The third kappa shape index (κ3) is 2.86. The summed E-state index contributed by atoms with van der Waals surface area (Å²) in [5.41, 5.74) is -1.15. The number of nitrogens with one attached hydrogen (secondary N) is 1. The summed E-state index contributed by atoms with van der Waals surface area (Å²) < 4.78 is 0. The van der Waals surface area contributed by atoms with E-state index >= 15 is 0 Å². The number of urea groups is 1. The first-order valence-corrected chi connectivity index (χ1v) is 6.79. The van der Waals surface area contributed by atoms with Gasteiger partial charge in [0.05, 0.1) is 0 Å². The number of carbonyl (C=O) groups is 3. The first-order valence-electron chi connectivity index (χ1n) is 6.79.